The zero-order chi connectivity index (χ0) is 11.7. The molecule has 1 aliphatic carbocycles. The summed E-state index contributed by atoms with van der Waals surface area (Å²) >= 11 is 0. The van der Waals surface area contributed by atoms with E-state index in [9.17, 15) is 9.59 Å². The van der Waals surface area contributed by atoms with E-state index in [2.05, 4.69) is 5.32 Å². The maximum absolute atomic E-state index is 11.9. The average molecular weight is 213 g/mol. The van der Waals surface area contributed by atoms with Crippen LogP contribution in [0.5, 0.6) is 0 Å². The van der Waals surface area contributed by atoms with Crippen LogP contribution in [0.4, 0.5) is 0 Å². The molecule has 0 aromatic heterocycles. The van der Waals surface area contributed by atoms with E-state index in [4.69, 9.17) is 11.5 Å². The molecule has 5 heteroatoms. The lowest BCUT2D eigenvalue weighted by Crippen LogP contribution is -2.60. The van der Waals surface area contributed by atoms with Gasteiger partial charge in [-0.25, -0.2) is 0 Å². The molecular formula is C10H19N3O2. The van der Waals surface area contributed by atoms with E-state index < -0.39 is 16.9 Å². The van der Waals surface area contributed by atoms with Crippen molar-refractivity contribution < 1.29 is 9.59 Å². The van der Waals surface area contributed by atoms with Crippen molar-refractivity contribution in [1.82, 2.24) is 5.32 Å². The number of rotatable bonds is 4. The van der Waals surface area contributed by atoms with Crippen LogP contribution in [0.2, 0.25) is 0 Å². The maximum atomic E-state index is 11.9. The first-order valence-corrected chi connectivity index (χ1v) is 5.17. The monoisotopic (exact) mass is 213 g/mol. The van der Waals surface area contributed by atoms with Gasteiger partial charge in [-0.15, -0.1) is 0 Å². The Labute approximate surface area is 89.6 Å². The Balaban J connectivity index is 2.66. The van der Waals surface area contributed by atoms with Crippen molar-refractivity contribution in [3.8, 4) is 0 Å². The first-order chi connectivity index (χ1) is 6.84. The van der Waals surface area contributed by atoms with Crippen LogP contribution in [0.3, 0.4) is 0 Å². The predicted molar refractivity (Wildman–Crippen MR) is 56.8 cm³/mol. The van der Waals surface area contributed by atoms with Crippen molar-refractivity contribution >= 4 is 11.8 Å². The molecule has 1 saturated carbocycles. The highest BCUT2D eigenvalue weighted by molar-refractivity contribution is 5.92. The summed E-state index contributed by atoms with van der Waals surface area (Å²) in [5.41, 5.74) is 9.29. The van der Waals surface area contributed by atoms with Crippen molar-refractivity contribution in [2.45, 2.75) is 38.6 Å². The second-order valence-corrected chi connectivity index (χ2v) is 4.78. The van der Waals surface area contributed by atoms with Gasteiger partial charge in [-0.3, -0.25) is 9.59 Å². The molecule has 1 rings (SSSR count). The topological polar surface area (TPSA) is 98.2 Å². The van der Waals surface area contributed by atoms with Gasteiger partial charge in [0.05, 0.1) is 5.41 Å². The van der Waals surface area contributed by atoms with E-state index in [-0.39, 0.29) is 5.91 Å². The Morgan fingerprint density at radius 2 is 1.93 bits per heavy atom. The van der Waals surface area contributed by atoms with E-state index in [0.29, 0.717) is 6.54 Å². The fraction of sp³-hybridized carbons (Fsp3) is 0.800. The Bertz CT molecular complexity index is 277. The van der Waals surface area contributed by atoms with Gasteiger partial charge >= 0.3 is 0 Å². The molecular weight excluding hydrogens is 194 g/mol. The summed E-state index contributed by atoms with van der Waals surface area (Å²) < 4.78 is 0. The molecule has 2 amide bonds. The minimum absolute atomic E-state index is 0.153. The summed E-state index contributed by atoms with van der Waals surface area (Å²) in [6, 6.07) is 0. The van der Waals surface area contributed by atoms with Gasteiger partial charge in [-0.1, -0.05) is 6.42 Å². The highest BCUT2D eigenvalue weighted by Crippen LogP contribution is 2.40. The van der Waals surface area contributed by atoms with E-state index in [0.717, 1.165) is 19.3 Å². The average Bonchev–Trinajstić information content (AvgIpc) is 2.01. The summed E-state index contributed by atoms with van der Waals surface area (Å²) in [5.74, 6) is -0.692. The lowest BCUT2D eigenvalue weighted by Gasteiger charge is -2.41. The van der Waals surface area contributed by atoms with Gasteiger partial charge in [-0.05, 0) is 26.7 Å². The third-order valence-corrected chi connectivity index (χ3v) is 3.23. The smallest absolute Gasteiger partial charge is 0.242 e. The zero-order valence-corrected chi connectivity index (χ0v) is 9.30. The van der Waals surface area contributed by atoms with Gasteiger partial charge in [0.2, 0.25) is 11.8 Å². The lowest BCUT2D eigenvalue weighted by atomic mass is 9.68. The summed E-state index contributed by atoms with van der Waals surface area (Å²) in [5, 5.41) is 2.66. The lowest BCUT2D eigenvalue weighted by molar-refractivity contribution is -0.140. The molecule has 0 radical (unpaired) electrons. The third-order valence-electron chi connectivity index (χ3n) is 3.23. The number of nitrogens with two attached hydrogens (primary N) is 2. The Morgan fingerprint density at radius 1 is 1.40 bits per heavy atom. The zero-order valence-electron chi connectivity index (χ0n) is 9.30. The van der Waals surface area contributed by atoms with Crippen LogP contribution in [0, 0.1) is 5.41 Å². The summed E-state index contributed by atoms with van der Waals surface area (Å²) in [6.07, 6.45) is 2.61. The van der Waals surface area contributed by atoms with Crippen molar-refractivity contribution in [3.05, 3.63) is 0 Å². The molecule has 5 nitrogen and oxygen atoms in total. The highest BCUT2D eigenvalue weighted by Gasteiger charge is 2.45. The Kier molecular flexibility index (Phi) is 3.04. The van der Waals surface area contributed by atoms with Gasteiger partial charge < -0.3 is 16.8 Å². The van der Waals surface area contributed by atoms with Crippen LogP contribution >= 0.6 is 0 Å². The van der Waals surface area contributed by atoms with Crippen LogP contribution in [0.25, 0.3) is 0 Å². The van der Waals surface area contributed by atoms with Gasteiger partial charge in [0.15, 0.2) is 0 Å². The van der Waals surface area contributed by atoms with Gasteiger partial charge in [0.1, 0.15) is 5.54 Å². The summed E-state index contributed by atoms with van der Waals surface area (Å²) in [4.78, 5) is 23.0. The fourth-order valence-electron chi connectivity index (χ4n) is 1.61. The molecule has 0 atom stereocenters. The van der Waals surface area contributed by atoms with E-state index in [1.54, 1.807) is 13.8 Å². The molecule has 0 heterocycles. The molecule has 0 saturated heterocycles. The number of carbonyl (C=O) groups excluding carboxylic acids is 2. The van der Waals surface area contributed by atoms with Crippen LogP contribution < -0.4 is 16.8 Å². The van der Waals surface area contributed by atoms with Crippen molar-refractivity contribution in [2.75, 3.05) is 6.54 Å². The van der Waals surface area contributed by atoms with Gasteiger partial charge in [0, 0.05) is 6.54 Å². The molecule has 1 fully saturated rings. The Morgan fingerprint density at radius 3 is 2.20 bits per heavy atom. The van der Waals surface area contributed by atoms with E-state index >= 15 is 0 Å². The van der Waals surface area contributed by atoms with Crippen LogP contribution in [-0.2, 0) is 9.59 Å². The highest BCUT2D eigenvalue weighted by atomic mass is 16.2. The molecule has 0 aromatic rings. The molecule has 0 bridgehead atoms. The second-order valence-electron chi connectivity index (χ2n) is 4.78. The van der Waals surface area contributed by atoms with Gasteiger partial charge in [-0.2, -0.15) is 0 Å². The molecule has 5 N–H and O–H groups in total. The maximum Gasteiger partial charge on any atom is 0.242 e. The molecule has 86 valence electrons. The quantitative estimate of drug-likeness (QED) is 0.587. The van der Waals surface area contributed by atoms with Crippen molar-refractivity contribution in [2.24, 2.45) is 16.9 Å². The first-order valence-electron chi connectivity index (χ1n) is 5.17. The number of nitrogens with one attached hydrogen (secondary N) is 1. The predicted octanol–water partition coefficient (Wildman–Crippen LogP) is -0.504. The summed E-state index contributed by atoms with van der Waals surface area (Å²) in [6.45, 7) is 3.51. The molecule has 1 aliphatic rings. The minimum Gasteiger partial charge on any atom is -0.368 e. The normalized spacial score (nSPS) is 19.1. The summed E-state index contributed by atoms with van der Waals surface area (Å²) in [7, 11) is 0. The molecule has 0 spiro atoms. The fourth-order valence-corrected chi connectivity index (χ4v) is 1.61. The minimum atomic E-state index is -1.01. The second kappa shape index (κ2) is 3.81. The van der Waals surface area contributed by atoms with Crippen LogP contribution in [-0.4, -0.2) is 23.9 Å². The van der Waals surface area contributed by atoms with Crippen molar-refractivity contribution in [1.29, 1.82) is 0 Å². The molecule has 0 unspecified atom stereocenters. The van der Waals surface area contributed by atoms with Crippen LogP contribution in [0.15, 0.2) is 0 Å². The molecule has 0 aromatic carbocycles. The SMILES string of the molecule is CC(C)(NC(=O)C1(CN)CCC1)C(N)=O. The number of hydrogen-bond donors (Lipinski definition) is 3. The number of primary amides is 1. The largest absolute Gasteiger partial charge is 0.368 e. The standard InChI is InChI=1S/C10H19N3O2/c1-9(2,7(12)14)13-8(15)10(6-11)4-3-5-10/h3-6,11H2,1-2H3,(H2,12,14)(H,13,15). The number of carbonyl (C=O) groups is 2. The molecule has 0 aliphatic heterocycles. The van der Waals surface area contributed by atoms with Gasteiger partial charge in [0.25, 0.3) is 0 Å². The van der Waals surface area contributed by atoms with Crippen molar-refractivity contribution in [3.63, 3.8) is 0 Å². The van der Waals surface area contributed by atoms with E-state index in [1.165, 1.54) is 0 Å². The third kappa shape index (κ3) is 2.12. The van der Waals surface area contributed by atoms with E-state index in [1.807, 2.05) is 0 Å². The molecule has 15 heavy (non-hydrogen) atoms. The number of amides is 2. The first kappa shape index (κ1) is 12.0. The number of hydrogen-bond acceptors (Lipinski definition) is 3. The van der Waals surface area contributed by atoms with Crippen LogP contribution in [0.1, 0.15) is 33.1 Å². The Hall–Kier alpha value is -1.10.